The molecule has 5 N–H and O–H groups in total. The zero-order valence-corrected chi connectivity index (χ0v) is 24.1. The minimum atomic E-state index is -3.68. The van der Waals surface area contributed by atoms with Crippen molar-refractivity contribution in [2.24, 2.45) is 11.7 Å². The van der Waals surface area contributed by atoms with E-state index in [4.69, 9.17) is 5.73 Å². The van der Waals surface area contributed by atoms with Crippen molar-refractivity contribution >= 4 is 21.7 Å². The van der Waals surface area contributed by atoms with Crippen LogP contribution >= 0.6 is 0 Å². The summed E-state index contributed by atoms with van der Waals surface area (Å²) in [4.78, 5) is 28.6. The van der Waals surface area contributed by atoms with E-state index in [0.717, 1.165) is 17.5 Å². The maximum absolute atomic E-state index is 14.0. The zero-order valence-electron chi connectivity index (χ0n) is 23.3. The third-order valence-electron chi connectivity index (χ3n) is 7.24. The number of sulfone groups is 1. The van der Waals surface area contributed by atoms with Gasteiger partial charge in [0.05, 0.1) is 17.1 Å². The second-order valence-electron chi connectivity index (χ2n) is 10.4. The fraction of sp³-hybridized carbons (Fsp3) is 0.714. The molecule has 0 radical (unpaired) electrons. The van der Waals surface area contributed by atoms with E-state index in [1.165, 1.54) is 4.90 Å². The third-order valence-corrected chi connectivity index (χ3v) is 9.53. The number of nitrogens with zero attached hydrogens (tertiary/aromatic N) is 1. The van der Waals surface area contributed by atoms with Crippen LogP contribution in [0.25, 0.3) is 0 Å². The van der Waals surface area contributed by atoms with Crippen molar-refractivity contribution in [2.45, 2.75) is 89.7 Å². The van der Waals surface area contributed by atoms with E-state index >= 15 is 0 Å². The van der Waals surface area contributed by atoms with Crippen LogP contribution in [0.3, 0.4) is 0 Å². The van der Waals surface area contributed by atoms with E-state index in [1.54, 1.807) is 0 Å². The molecule has 2 rings (SSSR count). The number of aliphatic hydroxyl groups is 1. The van der Waals surface area contributed by atoms with Crippen molar-refractivity contribution in [3.63, 3.8) is 0 Å². The molecular formula is C28H48N4O5S. The molecule has 38 heavy (non-hydrogen) atoms. The predicted molar refractivity (Wildman–Crippen MR) is 151 cm³/mol. The summed E-state index contributed by atoms with van der Waals surface area (Å²) in [5.74, 6) is -1.55. The SMILES string of the molecule is CCCC(CCC)S(=O)(=O)CC(NC(=O)C1CCNCC1)C(=O)N(Cc1cccc(CC)c1)C[C@@H](O)CN. The van der Waals surface area contributed by atoms with Crippen LogP contribution in [0.1, 0.15) is 70.4 Å². The fourth-order valence-electron chi connectivity index (χ4n) is 5.01. The number of hydrogen-bond acceptors (Lipinski definition) is 7. The fourth-order valence-corrected chi connectivity index (χ4v) is 7.17. The van der Waals surface area contributed by atoms with Gasteiger partial charge in [-0.05, 0) is 56.3 Å². The molecule has 9 nitrogen and oxygen atoms in total. The maximum Gasteiger partial charge on any atom is 0.246 e. The van der Waals surface area contributed by atoms with E-state index < -0.39 is 38.9 Å². The number of carbonyl (C=O) groups is 2. The van der Waals surface area contributed by atoms with Crippen molar-refractivity contribution in [2.75, 3.05) is 31.9 Å². The summed E-state index contributed by atoms with van der Waals surface area (Å²) in [6.45, 7) is 7.41. The number of nitrogens with two attached hydrogens (primary N) is 1. The molecule has 0 aromatic heterocycles. The topological polar surface area (TPSA) is 142 Å². The highest BCUT2D eigenvalue weighted by Gasteiger charge is 2.36. The molecule has 1 heterocycles. The zero-order chi connectivity index (χ0) is 28.1. The molecule has 2 atom stereocenters. The molecule has 1 aromatic carbocycles. The molecular weight excluding hydrogens is 504 g/mol. The monoisotopic (exact) mass is 552 g/mol. The van der Waals surface area contributed by atoms with Gasteiger partial charge in [0.2, 0.25) is 11.8 Å². The lowest BCUT2D eigenvalue weighted by Crippen LogP contribution is -2.55. The molecule has 10 heteroatoms. The van der Waals surface area contributed by atoms with Crippen molar-refractivity contribution in [1.82, 2.24) is 15.5 Å². The number of nitrogens with one attached hydrogen (secondary N) is 2. The van der Waals surface area contributed by atoms with Crippen LogP contribution in [0.15, 0.2) is 24.3 Å². The van der Waals surface area contributed by atoms with Crippen LogP contribution in [0.5, 0.6) is 0 Å². The molecule has 0 bridgehead atoms. The minimum absolute atomic E-state index is 0.0434. The summed E-state index contributed by atoms with van der Waals surface area (Å²) < 4.78 is 27.0. The van der Waals surface area contributed by atoms with Crippen molar-refractivity contribution in [3.8, 4) is 0 Å². The first-order chi connectivity index (χ1) is 18.1. The van der Waals surface area contributed by atoms with E-state index in [0.29, 0.717) is 51.6 Å². The van der Waals surface area contributed by atoms with E-state index in [1.807, 2.05) is 45.0 Å². The van der Waals surface area contributed by atoms with Crippen LogP contribution in [-0.4, -0.2) is 79.6 Å². The Kier molecular flexibility index (Phi) is 13.7. The van der Waals surface area contributed by atoms with Gasteiger partial charge in [0.1, 0.15) is 6.04 Å². The van der Waals surface area contributed by atoms with Gasteiger partial charge >= 0.3 is 0 Å². The number of amides is 2. The Hall–Kier alpha value is -2.01. The number of carbonyl (C=O) groups excluding carboxylic acids is 2. The normalized spacial score (nSPS) is 16.3. The van der Waals surface area contributed by atoms with E-state index in [9.17, 15) is 23.1 Å². The van der Waals surface area contributed by atoms with Gasteiger partial charge in [-0.3, -0.25) is 9.59 Å². The number of aliphatic hydroxyl groups excluding tert-OH is 1. The van der Waals surface area contributed by atoms with Gasteiger partial charge in [-0.2, -0.15) is 0 Å². The van der Waals surface area contributed by atoms with Crippen molar-refractivity contribution in [1.29, 1.82) is 0 Å². The second kappa shape index (κ2) is 16.2. The number of piperidine rings is 1. The van der Waals surface area contributed by atoms with Gasteiger partial charge in [-0.25, -0.2) is 8.42 Å². The lowest BCUT2D eigenvalue weighted by atomic mass is 9.97. The Morgan fingerprint density at radius 3 is 2.34 bits per heavy atom. The van der Waals surface area contributed by atoms with Gasteiger partial charge in [0.15, 0.2) is 9.84 Å². The second-order valence-corrected chi connectivity index (χ2v) is 12.7. The van der Waals surface area contributed by atoms with Gasteiger partial charge < -0.3 is 26.4 Å². The van der Waals surface area contributed by atoms with Gasteiger partial charge in [0, 0.05) is 25.6 Å². The standard InChI is InChI=1S/C28H48N4O5S/c1-4-8-25(9-5-2)38(36,37)20-26(31-27(34)23-12-14-30-15-13-23)28(35)32(19-24(33)17-29)18-22-11-7-10-21(6-3)16-22/h7,10-11,16,23-26,30,33H,4-6,8-9,12-15,17-20,29H2,1-3H3,(H,31,34)/t24-,26?/m0/s1. The van der Waals surface area contributed by atoms with Gasteiger partial charge in [-0.1, -0.05) is 57.9 Å². The molecule has 2 amide bonds. The predicted octanol–water partition coefficient (Wildman–Crippen LogP) is 1.77. The van der Waals surface area contributed by atoms with Crippen LogP contribution in [0.2, 0.25) is 0 Å². The van der Waals surface area contributed by atoms with Crippen molar-refractivity contribution in [3.05, 3.63) is 35.4 Å². The number of aryl methyl sites for hydroxylation is 1. The Balaban J connectivity index is 2.39. The average molecular weight is 553 g/mol. The lowest BCUT2D eigenvalue weighted by Gasteiger charge is -2.31. The maximum atomic E-state index is 14.0. The van der Waals surface area contributed by atoms with Crippen LogP contribution in [0.4, 0.5) is 0 Å². The summed E-state index contributed by atoms with van der Waals surface area (Å²) in [7, 11) is -3.68. The van der Waals surface area contributed by atoms with Crippen LogP contribution in [-0.2, 0) is 32.4 Å². The summed E-state index contributed by atoms with van der Waals surface area (Å²) in [6, 6.07) is 6.56. The first-order valence-electron chi connectivity index (χ1n) is 14.1. The Labute approximate surface area is 228 Å². The summed E-state index contributed by atoms with van der Waals surface area (Å²) in [5.41, 5.74) is 7.63. The van der Waals surface area contributed by atoms with E-state index in [2.05, 4.69) is 10.6 Å². The Morgan fingerprint density at radius 1 is 1.13 bits per heavy atom. The third kappa shape index (κ3) is 9.94. The molecule has 1 aromatic rings. The highest BCUT2D eigenvalue weighted by molar-refractivity contribution is 7.92. The molecule has 1 aliphatic heterocycles. The average Bonchev–Trinajstić information content (AvgIpc) is 2.92. The Bertz CT molecular complexity index is 975. The molecule has 216 valence electrons. The molecule has 1 unspecified atom stereocenters. The molecule has 1 saturated heterocycles. The van der Waals surface area contributed by atoms with Gasteiger partial charge in [0.25, 0.3) is 0 Å². The van der Waals surface area contributed by atoms with E-state index in [-0.39, 0.29) is 31.5 Å². The number of benzene rings is 1. The molecule has 0 saturated carbocycles. The highest BCUT2D eigenvalue weighted by atomic mass is 32.2. The summed E-state index contributed by atoms with van der Waals surface area (Å²) >= 11 is 0. The van der Waals surface area contributed by atoms with Crippen molar-refractivity contribution < 1.29 is 23.1 Å². The molecule has 1 aliphatic rings. The highest BCUT2D eigenvalue weighted by Crippen LogP contribution is 2.19. The van der Waals surface area contributed by atoms with Crippen LogP contribution in [0, 0.1) is 5.92 Å². The molecule has 1 fully saturated rings. The minimum Gasteiger partial charge on any atom is -0.390 e. The first kappa shape index (κ1) is 32.2. The number of rotatable bonds is 16. The Morgan fingerprint density at radius 2 is 1.76 bits per heavy atom. The summed E-state index contributed by atoms with van der Waals surface area (Å²) in [6.07, 6.45) is 3.58. The molecule has 0 aliphatic carbocycles. The quantitative estimate of drug-likeness (QED) is 0.245. The molecule has 0 spiro atoms. The van der Waals surface area contributed by atoms with Gasteiger partial charge in [-0.15, -0.1) is 0 Å². The number of hydrogen-bond donors (Lipinski definition) is 4. The smallest absolute Gasteiger partial charge is 0.246 e. The largest absolute Gasteiger partial charge is 0.390 e. The first-order valence-corrected chi connectivity index (χ1v) is 15.8. The lowest BCUT2D eigenvalue weighted by molar-refractivity contribution is -0.138. The van der Waals surface area contributed by atoms with Crippen LogP contribution < -0.4 is 16.4 Å². The summed E-state index contributed by atoms with van der Waals surface area (Å²) in [5, 5.41) is 15.8.